The summed E-state index contributed by atoms with van der Waals surface area (Å²) in [7, 11) is 0. The van der Waals surface area contributed by atoms with E-state index in [4.69, 9.17) is 10.5 Å². The average Bonchev–Trinajstić information content (AvgIpc) is 2.98. The first kappa shape index (κ1) is 36.1. The number of alkyl carbamates (subject to hydrolysis) is 1. The van der Waals surface area contributed by atoms with E-state index < -0.39 is 47.9 Å². The zero-order chi connectivity index (χ0) is 33.9. The van der Waals surface area contributed by atoms with E-state index in [9.17, 15) is 19.2 Å². The second-order valence-electron chi connectivity index (χ2n) is 12.9. The molecule has 3 rings (SSSR count). The van der Waals surface area contributed by atoms with Crippen LogP contribution in [0.1, 0.15) is 95.4 Å². The fourth-order valence-corrected chi connectivity index (χ4v) is 5.48. The van der Waals surface area contributed by atoms with Crippen molar-refractivity contribution in [3.8, 4) is 0 Å². The van der Waals surface area contributed by atoms with E-state index in [0.717, 1.165) is 54.0 Å². The number of carbonyl (C=O) groups is 4. The number of hydrogen-bond donors (Lipinski definition) is 3. The van der Waals surface area contributed by atoms with Crippen molar-refractivity contribution in [1.82, 2.24) is 10.2 Å². The van der Waals surface area contributed by atoms with Gasteiger partial charge in [0.1, 0.15) is 17.7 Å². The maximum atomic E-state index is 14.5. The number of hydrogen-bond acceptors (Lipinski definition) is 5. The van der Waals surface area contributed by atoms with E-state index >= 15 is 0 Å². The molecule has 4 N–H and O–H groups in total. The second-order valence-corrected chi connectivity index (χ2v) is 12.9. The third-order valence-electron chi connectivity index (χ3n) is 7.95. The Kier molecular flexibility index (Phi) is 13.2. The van der Waals surface area contributed by atoms with E-state index in [2.05, 4.69) is 17.6 Å². The molecule has 248 valence electrons. The van der Waals surface area contributed by atoms with Gasteiger partial charge in [-0.25, -0.2) is 4.79 Å². The molecule has 0 saturated heterocycles. The molecule has 0 fully saturated rings. The van der Waals surface area contributed by atoms with E-state index in [1.165, 1.54) is 4.90 Å². The lowest BCUT2D eigenvalue weighted by molar-refractivity contribution is -0.142. The van der Waals surface area contributed by atoms with Crippen LogP contribution in [-0.2, 0) is 19.1 Å². The Labute approximate surface area is 273 Å². The summed E-state index contributed by atoms with van der Waals surface area (Å²) in [6.07, 6.45) is 4.51. The number of amides is 4. The number of anilines is 1. The predicted octanol–water partition coefficient (Wildman–Crippen LogP) is 7.09. The highest BCUT2D eigenvalue weighted by Crippen LogP contribution is 2.30. The van der Waals surface area contributed by atoms with Gasteiger partial charge in [0.05, 0.1) is 6.42 Å². The predicted molar refractivity (Wildman–Crippen MR) is 183 cm³/mol. The van der Waals surface area contributed by atoms with Crippen LogP contribution < -0.4 is 16.4 Å². The van der Waals surface area contributed by atoms with Gasteiger partial charge < -0.3 is 26.0 Å². The van der Waals surface area contributed by atoms with Crippen LogP contribution in [-0.4, -0.2) is 46.9 Å². The molecule has 0 aromatic heterocycles. The van der Waals surface area contributed by atoms with Crippen LogP contribution in [0.25, 0.3) is 10.8 Å². The third kappa shape index (κ3) is 10.6. The number of nitrogens with zero attached hydrogens (tertiary/aromatic N) is 1. The zero-order valence-electron chi connectivity index (χ0n) is 28.2. The minimum Gasteiger partial charge on any atom is -0.444 e. The molecule has 0 radical (unpaired) electrons. The third-order valence-corrected chi connectivity index (χ3v) is 7.95. The summed E-state index contributed by atoms with van der Waals surface area (Å²) in [5, 5.41) is 7.61. The molecule has 0 heterocycles. The van der Waals surface area contributed by atoms with Crippen LogP contribution >= 0.6 is 0 Å². The molecule has 0 spiro atoms. The number of benzene rings is 3. The number of ether oxygens (including phenoxy) is 1. The van der Waals surface area contributed by atoms with Gasteiger partial charge >= 0.3 is 6.09 Å². The monoisotopic (exact) mass is 630 g/mol. The Morgan fingerprint density at radius 3 is 2.22 bits per heavy atom. The minimum atomic E-state index is -1.33. The Morgan fingerprint density at radius 2 is 1.54 bits per heavy atom. The second kappa shape index (κ2) is 16.8. The number of primary amides is 1. The van der Waals surface area contributed by atoms with Gasteiger partial charge in [0.15, 0.2) is 0 Å². The van der Waals surface area contributed by atoms with E-state index in [1.54, 1.807) is 20.8 Å². The standard InChI is InChI=1S/C37H50N4O5/c1-7-8-9-10-11-14-22-41(35(44)31(24-32(38)42)40-36(45)46-37(4,5)6)33(30-19-15-16-25(2)26(30)3)34(43)39-29-21-20-27-17-12-13-18-28(27)23-29/h12-13,15-21,23,31,33H,7-11,14,22,24H2,1-6H3,(H2,38,42)(H,39,43)(H,40,45). The zero-order valence-corrected chi connectivity index (χ0v) is 28.2. The molecule has 0 aliphatic rings. The first-order valence-electron chi connectivity index (χ1n) is 16.2. The van der Waals surface area contributed by atoms with Crippen molar-refractivity contribution in [2.45, 2.75) is 104 Å². The maximum Gasteiger partial charge on any atom is 0.408 e. The number of aryl methyl sites for hydroxylation is 1. The maximum absolute atomic E-state index is 14.5. The lowest BCUT2D eigenvalue weighted by atomic mass is 9.94. The number of rotatable bonds is 15. The van der Waals surface area contributed by atoms with Gasteiger partial charge in [-0.2, -0.15) is 0 Å². The normalized spacial score (nSPS) is 12.7. The molecule has 0 aliphatic carbocycles. The highest BCUT2D eigenvalue weighted by Gasteiger charge is 2.37. The molecule has 9 heteroatoms. The molecule has 2 unspecified atom stereocenters. The summed E-state index contributed by atoms with van der Waals surface area (Å²) in [5.74, 6) is -1.76. The molecular formula is C37H50N4O5. The smallest absolute Gasteiger partial charge is 0.408 e. The summed E-state index contributed by atoms with van der Waals surface area (Å²) in [4.78, 5) is 55.3. The van der Waals surface area contributed by atoms with E-state index in [1.807, 2.05) is 74.5 Å². The van der Waals surface area contributed by atoms with Gasteiger partial charge in [-0.1, -0.05) is 87.6 Å². The van der Waals surface area contributed by atoms with Crippen molar-refractivity contribution in [1.29, 1.82) is 0 Å². The van der Waals surface area contributed by atoms with Crippen LogP contribution in [0.4, 0.5) is 10.5 Å². The molecule has 0 saturated carbocycles. The highest BCUT2D eigenvalue weighted by atomic mass is 16.6. The largest absolute Gasteiger partial charge is 0.444 e. The number of nitrogens with one attached hydrogen (secondary N) is 2. The Bertz CT molecular complexity index is 1510. The summed E-state index contributed by atoms with van der Waals surface area (Å²) in [5.41, 5.74) is 7.81. The molecular weight excluding hydrogens is 580 g/mol. The minimum absolute atomic E-state index is 0.236. The number of nitrogens with two attached hydrogens (primary N) is 1. The molecule has 9 nitrogen and oxygen atoms in total. The van der Waals surface area contributed by atoms with Crippen LogP contribution in [0.15, 0.2) is 60.7 Å². The molecule has 2 atom stereocenters. The average molecular weight is 631 g/mol. The highest BCUT2D eigenvalue weighted by molar-refractivity contribution is 6.01. The summed E-state index contributed by atoms with van der Waals surface area (Å²) in [6, 6.07) is 16.8. The van der Waals surface area contributed by atoms with E-state index in [-0.39, 0.29) is 6.54 Å². The summed E-state index contributed by atoms with van der Waals surface area (Å²) >= 11 is 0. The number of unbranched alkanes of at least 4 members (excludes halogenated alkanes) is 5. The SMILES string of the molecule is CCCCCCCCN(C(=O)C(CC(N)=O)NC(=O)OC(C)(C)C)C(C(=O)Nc1ccc2ccccc2c1)c1cccc(C)c1C. The summed E-state index contributed by atoms with van der Waals surface area (Å²) in [6.45, 7) is 11.4. The van der Waals surface area contributed by atoms with E-state index in [0.29, 0.717) is 17.7 Å². The first-order chi connectivity index (χ1) is 21.8. The Morgan fingerprint density at radius 1 is 0.870 bits per heavy atom. The Balaban J connectivity index is 2.06. The van der Waals surface area contributed by atoms with Gasteiger partial charge in [-0.15, -0.1) is 0 Å². The Hall–Kier alpha value is -4.40. The van der Waals surface area contributed by atoms with Gasteiger partial charge in [0.2, 0.25) is 11.8 Å². The van der Waals surface area contributed by atoms with Gasteiger partial charge in [-0.05, 0) is 80.6 Å². The lowest BCUT2D eigenvalue weighted by Crippen LogP contribution is -2.53. The topological polar surface area (TPSA) is 131 Å². The van der Waals surface area contributed by atoms with Crippen LogP contribution in [0, 0.1) is 13.8 Å². The molecule has 3 aromatic carbocycles. The van der Waals surface area contributed by atoms with Gasteiger partial charge in [0.25, 0.3) is 5.91 Å². The van der Waals surface area contributed by atoms with Crippen molar-refractivity contribution in [3.05, 3.63) is 77.4 Å². The fourth-order valence-electron chi connectivity index (χ4n) is 5.48. The van der Waals surface area contributed by atoms with Crippen molar-refractivity contribution in [2.75, 3.05) is 11.9 Å². The van der Waals surface area contributed by atoms with Gasteiger partial charge in [-0.3, -0.25) is 14.4 Å². The van der Waals surface area contributed by atoms with Gasteiger partial charge in [0, 0.05) is 12.2 Å². The van der Waals surface area contributed by atoms with Crippen LogP contribution in [0.5, 0.6) is 0 Å². The van der Waals surface area contributed by atoms with Crippen molar-refractivity contribution in [3.63, 3.8) is 0 Å². The fraction of sp³-hybridized carbons (Fsp3) is 0.459. The van der Waals surface area contributed by atoms with Crippen LogP contribution in [0.2, 0.25) is 0 Å². The lowest BCUT2D eigenvalue weighted by Gasteiger charge is -2.35. The van der Waals surface area contributed by atoms with Crippen molar-refractivity contribution >= 4 is 40.3 Å². The molecule has 3 aromatic rings. The van der Waals surface area contributed by atoms with Crippen LogP contribution in [0.3, 0.4) is 0 Å². The summed E-state index contributed by atoms with van der Waals surface area (Å²) < 4.78 is 5.41. The number of carbonyl (C=O) groups excluding carboxylic acids is 4. The molecule has 4 amide bonds. The van der Waals surface area contributed by atoms with Crippen molar-refractivity contribution in [2.24, 2.45) is 5.73 Å². The quantitative estimate of drug-likeness (QED) is 0.154. The number of fused-ring (bicyclic) bond motifs is 1. The first-order valence-corrected chi connectivity index (χ1v) is 16.2. The molecule has 0 bridgehead atoms. The molecule has 0 aliphatic heterocycles. The molecule has 46 heavy (non-hydrogen) atoms. The van der Waals surface area contributed by atoms with Crippen molar-refractivity contribution < 1.29 is 23.9 Å².